The Bertz CT molecular complexity index is 1070. The van der Waals surface area contributed by atoms with Gasteiger partial charge in [0.1, 0.15) is 21.7 Å². The number of nitrogens with zero attached hydrogens (tertiary/aromatic N) is 4. The number of benzene rings is 2. The van der Waals surface area contributed by atoms with E-state index in [-0.39, 0.29) is 11.6 Å². The van der Waals surface area contributed by atoms with Crippen LogP contribution in [-0.4, -0.2) is 61.1 Å². The van der Waals surface area contributed by atoms with Gasteiger partial charge in [0.05, 0.1) is 19.1 Å². The molecule has 1 fully saturated rings. The standard InChI is InChI=1S/C20H20N4O5S/c1-28-15-6-7-16(29-2)18-17(15)21-20(30-18)23-10-8-22(9-11-23)19(25)13-4-3-5-14(12-13)24(26)27/h3-7,12H,8-11H2,1-2H3. The predicted octanol–water partition coefficient (Wildman–Crippen LogP) is 3.18. The third kappa shape index (κ3) is 3.61. The van der Waals surface area contributed by atoms with Crippen molar-refractivity contribution in [3.8, 4) is 11.5 Å². The van der Waals surface area contributed by atoms with Crippen molar-refractivity contribution in [2.24, 2.45) is 0 Å². The number of piperazine rings is 1. The molecule has 1 aromatic heterocycles. The average Bonchev–Trinajstić information content (AvgIpc) is 3.23. The van der Waals surface area contributed by atoms with Crippen LogP contribution in [0.25, 0.3) is 10.2 Å². The van der Waals surface area contributed by atoms with E-state index in [1.54, 1.807) is 25.2 Å². The van der Waals surface area contributed by atoms with Gasteiger partial charge in [-0.2, -0.15) is 0 Å². The van der Waals surface area contributed by atoms with E-state index in [0.29, 0.717) is 37.5 Å². The van der Waals surface area contributed by atoms with Crippen LogP contribution in [0.15, 0.2) is 36.4 Å². The van der Waals surface area contributed by atoms with Gasteiger partial charge in [-0.1, -0.05) is 17.4 Å². The highest BCUT2D eigenvalue weighted by Gasteiger charge is 2.25. The number of aromatic nitrogens is 1. The van der Waals surface area contributed by atoms with Crippen molar-refractivity contribution >= 4 is 38.3 Å². The van der Waals surface area contributed by atoms with Crippen LogP contribution in [0.2, 0.25) is 0 Å². The second kappa shape index (κ2) is 8.15. The van der Waals surface area contributed by atoms with Gasteiger partial charge >= 0.3 is 0 Å². The summed E-state index contributed by atoms with van der Waals surface area (Å²) in [6.07, 6.45) is 0. The first-order valence-electron chi connectivity index (χ1n) is 9.32. The molecule has 9 nitrogen and oxygen atoms in total. The Kier molecular flexibility index (Phi) is 5.40. The number of methoxy groups -OCH3 is 2. The van der Waals surface area contributed by atoms with Crippen molar-refractivity contribution in [1.29, 1.82) is 0 Å². The lowest BCUT2D eigenvalue weighted by Crippen LogP contribution is -2.48. The molecule has 0 bridgehead atoms. The zero-order valence-corrected chi connectivity index (χ0v) is 17.3. The molecule has 1 aliphatic heterocycles. The molecule has 2 aromatic carbocycles. The second-order valence-electron chi connectivity index (χ2n) is 6.73. The van der Waals surface area contributed by atoms with Crippen molar-refractivity contribution in [1.82, 2.24) is 9.88 Å². The highest BCUT2D eigenvalue weighted by molar-refractivity contribution is 7.22. The number of rotatable bonds is 5. The van der Waals surface area contributed by atoms with Crippen LogP contribution >= 0.6 is 11.3 Å². The van der Waals surface area contributed by atoms with E-state index >= 15 is 0 Å². The highest BCUT2D eigenvalue weighted by Crippen LogP contribution is 2.40. The molecular weight excluding hydrogens is 408 g/mol. The Morgan fingerprint density at radius 1 is 1.10 bits per heavy atom. The molecule has 30 heavy (non-hydrogen) atoms. The number of carbonyl (C=O) groups is 1. The second-order valence-corrected chi connectivity index (χ2v) is 7.71. The smallest absolute Gasteiger partial charge is 0.270 e. The van der Waals surface area contributed by atoms with Crippen LogP contribution in [0.5, 0.6) is 11.5 Å². The molecule has 0 N–H and O–H groups in total. The summed E-state index contributed by atoms with van der Waals surface area (Å²) in [5.41, 5.74) is 0.996. The van der Waals surface area contributed by atoms with E-state index in [4.69, 9.17) is 14.5 Å². The number of hydrogen-bond donors (Lipinski definition) is 0. The molecule has 0 saturated carbocycles. The minimum atomic E-state index is -0.496. The summed E-state index contributed by atoms with van der Waals surface area (Å²) in [4.78, 5) is 31.8. The molecule has 0 spiro atoms. The number of carbonyl (C=O) groups excluding carboxylic acids is 1. The molecule has 3 aromatic rings. The molecular formula is C20H20N4O5S. The third-order valence-electron chi connectivity index (χ3n) is 5.04. The van der Waals surface area contributed by atoms with E-state index in [1.807, 2.05) is 12.1 Å². The fourth-order valence-corrected chi connectivity index (χ4v) is 4.57. The van der Waals surface area contributed by atoms with Crippen LogP contribution in [-0.2, 0) is 0 Å². The zero-order chi connectivity index (χ0) is 21.3. The first-order chi connectivity index (χ1) is 14.5. The number of non-ortho nitro benzene ring substituents is 1. The van der Waals surface area contributed by atoms with Gasteiger partial charge in [-0.15, -0.1) is 0 Å². The first kappa shape index (κ1) is 19.9. The van der Waals surface area contributed by atoms with Crippen LogP contribution in [0.4, 0.5) is 10.8 Å². The minimum Gasteiger partial charge on any atom is -0.495 e. The minimum absolute atomic E-state index is 0.0862. The van der Waals surface area contributed by atoms with E-state index in [2.05, 4.69) is 4.90 Å². The summed E-state index contributed by atoms with van der Waals surface area (Å²) in [5, 5.41) is 11.8. The monoisotopic (exact) mass is 428 g/mol. The summed E-state index contributed by atoms with van der Waals surface area (Å²) >= 11 is 1.53. The fourth-order valence-electron chi connectivity index (χ4n) is 3.45. The quantitative estimate of drug-likeness (QED) is 0.455. The number of amides is 1. The van der Waals surface area contributed by atoms with E-state index in [9.17, 15) is 14.9 Å². The highest BCUT2D eigenvalue weighted by atomic mass is 32.1. The lowest BCUT2D eigenvalue weighted by molar-refractivity contribution is -0.384. The Morgan fingerprint density at radius 3 is 2.47 bits per heavy atom. The van der Waals surface area contributed by atoms with Gasteiger partial charge in [0.15, 0.2) is 5.13 Å². The van der Waals surface area contributed by atoms with Crippen molar-refractivity contribution in [3.63, 3.8) is 0 Å². The molecule has 1 saturated heterocycles. The van der Waals surface area contributed by atoms with E-state index in [0.717, 1.165) is 21.1 Å². The number of ether oxygens (including phenoxy) is 2. The van der Waals surface area contributed by atoms with Gasteiger partial charge in [0, 0.05) is 43.9 Å². The van der Waals surface area contributed by atoms with Gasteiger partial charge in [-0.3, -0.25) is 14.9 Å². The topological polar surface area (TPSA) is 98.0 Å². The maximum Gasteiger partial charge on any atom is 0.270 e. The Balaban J connectivity index is 1.50. The Labute approximate surface area is 176 Å². The van der Waals surface area contributed by atoms with Crippen LogP contribution in [0.1, 0.15) is 10.4 Å². The molecule has 0 aliphatic carbocycles. The van der Waals surface area contributed by atoms with Crippen LogP contribution < -0.4 is 14.4 Å². The molecule has 0 radical (unpaired) electrons. The molecule has 156 valence electrons. The molecule has 0 atom stereocenters. The van der Waals surface area contributed by atoms with Gasteiger partial charge in [0.2, 0.25) is 0 Å². The van der Waals surface area contributed by atoms with E-state index in [1.165, 1.54) is 29.5 Å². The van der Waals surface area contributed by atoms with Gasteiger partial charge in [-0.25, -0.2) is 4.98 Å². The number of nitro benzene ring substituents is 1. The summed E-state index contributed by atoms with van der Waals surface area (Å²) < 4.78 is 11.8. The number of hydrogen-bond acceptors (Lipinski definition) is 8. The predicted molar refractivity (Wildman–Crippen MR) is 114 cm³/mol. The summed E-state index contributed by atoms with van der Waals surface area (Å²) in [7, 11) is 3.23. The fraction of sp³-hybridized carbons (Fsp3) is 0.300. The maximum absolute atomic E-state index is 12.8. The number of nitro groups is 1. The van der Waals surface area contributed by atoms with Gasteiger partial charge in [-0.05, 0) is 18.2 Å². The van der Waals surface area contributed by atoms with Crippen molar-refractivity contribution in [3.05, 3.63) is 52.1 Å². The summed E-state index contributed by atoms with van der Waals surface area (Å²) in [6.45, 7) is 2.24. The summed E-state index contributed by atoms with van der Waals surface area (Å²) in [5.74, 6) is 1.23. The molecule has 0 unspecified atom stereocenters. The van der Waals surface area contributed by atoms with Crippen molar-refractivity contribution in [2.75, 3.05) is 45.3 Å². The lowest BCUT2D eigenvalue weighted by Gasteiger charge is -2.34. The third-order valence-corrected chi connectivity index (χ3v) is 6.17. The Hall–Kier alpha value is -3.40. The molecule has 1 amide bonds. The molecule has 4 rings (SSSR count). The molecule has 10 heteroatoms. The van der Waals surface area contributed by atoms with Crippen LogP contribution in [0, 0.1) is 10.1 Å². The number of thiazole rings is 1. The normalized spacial score (nSPS) is 14.1. The Morgan fingerprint density at radius 2 is 1.80 bits per heavy atom. The SMILES string of the molecule is COc1ccc(OC)c2sc(N3CCN(C(=O)c4cccc([N+](=O)[O-])c4)CC3)nc12. The largest absolute Gasteiger partial charge is 0.495 e. The summed E-state index contributed by atoms with van der Waals surface area (Å²) in [6, 6.07) is 9.53. The van der Waals surface area contributed by atoms with Gasteiger partial charge < -0.3 is 19.3 Å². The average molecular weight is 428 g/mol. The lowest BCUT2D eigenvalue weighted by atomic mass is 10.1. The molecule has 1 aliphatic rings. The first-order valence-corrected chi connectivity index (χ1v) is 10.1. The van der Waals surface area contributed by atoms with Crippen molar-refractivity contribution in [2.45, 2.75) is 0 Å². The van der Waals surface area contributed by atoms with E-state index < -0.39 is 4.92 Å². The van der Waals surface area contributed by atoms with Crippen LogP contribution in [0.3, 0.4) is 0 Å². The number of fused-ring (bicyclic) bond motifs is 1. The van der Waals surface area contributed by atoms with Gasteiger partial charge in [0.25, 0.3) is 11.6 Å². The zero-order valence-electron chi connectivity index (χ0n) is 16.5. The maximum atomic E-state index is 12.8. The van der Waals surface area contributed by atoms with Crippen molar-refractivity contribution < 1.29 is 19.2 Å². The number of anilines is 1. The molecule has 2 heterocycles.